The monoisotopic (exact) mass is 576 g/mol. The first-order chi connectivity index (χ1) is 20.2. The van der Waals surface area contributed by atoms with E-state index in [-0.39, 0.29) is 55.3 Å². The van der Waals surface area contributed by atoms with Crippen LogP contribution in [0.1, 0.15) is 56.3 Å². The van der Waals surface area contributed by atoms with E-state index in [1.807, 2.05) is 62.4 Å². The predicted molar refractivity (Wildman–Crippen MR) is 161 cm³/mol. The molecule has 1 fully saturated rings. The van der Waals surface area contributed by atoms with E-state index in [4.69, 9.17) is 0 Å². The molecule has 42 heavy (non-hydrogen) atoms. The summed E-state index contributed by atoms with van der Waals surface area (Å²) in [5.74, 6) is -1.12. The Hall–Kier alpha value is -3.92. The van der Waals surface area contributed by atoms with Crippen molar-refractivity contribution in [1.29, 1.82) is 0 Å². The number of urea groups is 1. The Balaban J connectivity index is 1.54. The van der Waals surface area contributed by atoms with Gasteiger partial charge in [-0.2, -0.15) is 0 Å². The number of piperazine rings is 1. The largest absolute Gasteiger partial charge is 0.347 e. The van der Waals surface area contributed by atoms with E-state index in [0.29, 0.717) is 6.54 Å². The Morgan fingerprint density at radius 1 is 0.952 bits per heavy atom. The minimum Gasteiger partial charge on any atom is -0.347 e. The minimum absolute atomic E-state index is 0.0538. The van der Waals surface area contributed by atoms with Crippen molar-refractivity contribution in [2.45, 2.75) is 70.7 Å². The van der Waals surface area contributed by atoms with Crippen molar-refractivity contribution in [2.24, 2.45) is 5.92 Å². The Bertz CT molecular complexity index is 1250. The van der Waals surface area contributed by atoms with Gasteiger partial charge >= 0.3 is 6.03 Å². The first-order valence-electron chi connectivity index (χ1n) is 14.9. The number of carbonyl (C=O) groups is 4. The normalized spacial score (nSPS) is 19.8. The van der Waals surface area contributed by atoms with Crippen molar-refractivity contribution in [1.82, 2.24) is 31.1 Å². The van der Waals surface area contributed by atoms with E-state index in [9.17, 15) is 19.2 Å². The Kier molecular flexibility index (Phi) is 10.6. The second-order valence-electron chi connectivity index (χ2n) is 11.5. The highest BCUT2D eigenvalue weighted by Crippen LogP contribution is 2.30. The van der Waals surface area contributed by atoms with Crippen LogP contribution >= 0.6 is 0 Å². The molecule has 1 saturated heterocycles. The van der Waals surface area contributed by atoms with Gasteiger partial charge in [-0.1, -0.05) is 68.4 Å². The van der Waals surface area contributed by atoms with Crippen LogP contribution in [0.2, 0.25) is 0 Å². The Morgan fingerprint density at radius 2 is 1.67 bits per heavy atom. The second kappa shape index (κ2) is 14.3. The molecule has 0 aromatic heterocycles. The zero-order valence-electron chi connectivity index (χ0n) is 25.1. The van der Waals surface area contributed by atoms with Crippen molar-refractivity contribution in [3.63, 3.8) is 0 Å². The third-order valence-corrected chi connectivity index (χ3v) is 8.28. The van der Waals surface area contributed by atoms with E-state index in [1.54, 1.807) is 23.8 Å². The van der Waals surface area contributed by atoms with Crippen LogP contribution in [-0.4, -0.2) is 78.4 Å². The number of benzene rings is 2. The lowest BCUT2D eigenvalue weighted by Gasteiger charge is -2.43. The fourth-order valence-corrected chi connectivity index (χ4v) is 5.61. The lowest BCUT2D eigenvalue weighted by molar-refractivity contribution is -0.147. The van der Waals surface area contributed by atoms with Crippen LogP contribution < -0.4 is 21.3 Å². The number of aryl methyl sites for hydroxylation is 1. The molecule has 2 aliphatic rings. The van der Waals surface area contributed by atoms with Gasteiger partial charge in [0, 0.05) is 19.6 Å². The average molecular weight is 577 g/mol. The molecule has 10 nitrogen and oxygen atoms in total. The van der Waals surface area contributed by atoms with Gasteiger partial charge in [0.05, 0.1) is 18.6 Å². The maximum atomic E-state index is 14.0. The van der Waals surface area contributed by atoms with Gasteiger partial charge in [0.1, 0.15) is 12.1 Å². The van der Waals surface area contributed by atoms with Crippen LogP contribution in [0.4, 0.5) is 4.79 Å². The summed E-state index contributed by atoms with van der Waals surface area (Å²) >= 11 is 0. The molecule has 0 spiro atoms. The molecule has 0 radical (unpaired) electrons. The quantitative estimate of drug-likeness (QED) is 0.365. The van der Waals surface area contributed by atoms with Crippen LogP contribution in [0.5, 0.6) is 0 Å². The first-order valence-corrected chi connectivity index (χ1v) is 14.9. The number of rotatable bonds is 9. The number of hydrogen-bond acceptors (Lipinski definition) is 5. The van der Waals surface area contributed by atoms with E-state index in [2.05, 4.69) is 27.3 Å². The van der Waals surface area contributed by atoms with Gasteiger partial charge < -0.3 is 31.1 Å². The third-order valence-electron chi connectivity index (χ3n) is 8.28. The molecular formula is C32H44N6O4. The SMILES string of the molecule is CN[C@@H](C)C(=O)N[C@H](C(=O)N1CCN(C(=O)NCc2ccccc2)C[C@H]1C(=O)N[C@@H]1CCCc2ccccc21)C(C)C. The smallest absolute Gasteiger partial charge is 0.317 e. The summed E-state index contributed by atoms with van der Waals surface area (Å²) in [4.78, 5) is 57.0. The Morgan fingerprint density at radius 3 is 2.38 bits per heavy atom. The van der Waals surface area contributed by atoms with E-state index in [0.717, 1.165) is 30.4 Å². The molecule has 10 heteroatoms. The molecule has 1 aliphatic heterocycles. The van der Waals surface area contributed by atoms with E-state index in [1.165, 1.54) is 5.56 Å². The van der Waals surface area contributed by atoms with Crippen LogP contribution in [0.25, 0.3) is 0 Å². The van der Waals surface area contributed by atoms with Gasteiger partial charge in [0.15, 0.2) is 0 Å². The molecule has 226 valence electrons. The van der Waals surface area contributed by atoms with Crippen molar-refractivity contribution >= 4 is 23.8 Å². The number of carbonyl (C=O) groups excluding carboxylic acids is 4. The van der Waals surface area contributed by atoms with Gasteiger partial charge in [0.2, 0.25) is 17.7 Å². The fourth-order valence-electron chi connectivity index (χ4n) is 5.61. The number of nitrogens with zero attached hydrogens (tertiary/aromatic N) is 2. The highest BCUT2D eigenvalue weighted by molar-refractivity contribution is 5.94. The first kappa shape index (κ1) is 31.0. The topological polar surface area (TPSA) is 123 Å². The van der Waals surface area contributed by atoms with Crippen LogP contribution in [-0.2, 0) is 27.3 Å². The third kappa shape index (κ3) is 7.47. The zero-order chi connectivity index (χ0) is 30.2. The molecule has 2 aromatic rings. The maximum absolute atomic E-state index is 14.0. The van der Waals surface area contributed by atoms with E-state index >= 15 is 0 Å². The predicted octanol–water partition coefficient (Wildman–Crippen LogP) is 2.35. The van der Waals surface area contributed by atoms with Gasteiger partial charge in [-0.3, -0.25) is 14.4 Å². The molecule has 1 heterocycles. The van der Waals surface area contributed by atoms with Crippen molar-refractivity contribution in [3.05, 3.63) is 71.3 Å². The molecule has 0 unspecified atom stereocenters. The van der Waals surface area contributed by atoms with Gasteiger partial charge in [-0.25, -0.2) is 4.79 Å². The number of hydrogen-bond donors (Lipinski definition) is 4. The summed E-state index contributed by atoms with van der Waals surface area (Å²) in [7, 11) is 1.68. The minimum atomic E-state index is -0.900. The zero-order valence-corrected chi connectivity index (χ0v) is 25.1. The summed E-state index contributed by atoms with van der Waals surface area (Å²) in [6.45, 7) is 6.33. The highest BCUT2D eigenvalue weighted by atomic mass is 16.2. The molecule has 1 aliphatic carbocycles. The van der Waals surface area contributed by atoms with Crippen LogP contribution in [0.15, 0.2) is 54.6 Å². The molecule has 2 aromatic carbocycles. The molecule has 0 saturated carbocycles. The fraction of sp³-hybridized carbons (Fsp3) is 0.500. The Labute approximate surface area is 248 Å². The van der Waals surface area contributed by atoms with Crippen LogP contribution in [0.3, 0.4) is 0 Å². The van der Waals surface area contributed by atoms with Gasteiger partial charge in [-0.15, -0.1) is 0 Å². The summed E-state index contributed by atoms with van der Waals surface area (Å²) in [5, 5.41) is 11.9. The standard InChI is InChI=1S/C32H44N6O4/c1-21(2)28(36-29(39)22(3)33-4)31(41)38-18-17-37(32(42)34-19-23-11-6-5-7-12-23)20-27(38)30(40)35-26-16-10-14-24-13-8-9-15-25(24)26/h5-9,11-13,15,21-22,26-28,33H,10,14,16-20H2,1-4H3,(H,34,42)(H,35,40)(H,36,39)/t22-,26+,27-,28-/m0/s1. The molecule has 5 amide bonds. The molecule has 4 N–H and O–H groups in total. The number of fused-ring (bicyclic) bond motifs is 1. The number of nitrogens with one attached hydrogen (secondary N) is 4. The summed E-state index contributed by atoms with van der Waals surface area (Å²) in [6, 6.07) is 15.1. The number of amides is 5. The number of likely N-dealkylation sites (N-methyl/N-ethyl adjacent to an activating group) is 1. The second-order valence-corrected chi connectivity index (χ2v) is 11.5. The molecule has 0 bridgehead atoms. The van der Waals surface area contributed by atoms with Crippen molar-refractivity contribution in [2.75, 3.05) is 26.7 Å². The van der Waals surface area contributed by atoms with Gasteiger partial charge in [-0.05, 0) is 55.8 Å². The summed E-state index contributed by atoms with van der Waals surface area (Å²) < 4.78 is 0. The van der Waals surface area contributed by atoms with Gasteiger partial charge in [0.25, 0.3) is 0 Å². The molecule has 4 atom stereocenters. The summed E-state index contributed by atoms with van der Waals surface area (Å²) in [5.41, 5.74) is 3.28. The average Bonchev–Trinajstić information content (AvgIpc) is 3.01. The van der Waals surface area contributed by atoms with Crippen LogP contribution in [0, 0.1) is 5.92 Å². The molecule has 4 rings (SSSR count). The molecular weight excluding hydrogens is 532 g/mol. The highest BCUT2D eigenvalue weighted by Gasteiger charge is 2.41. The lowest BCUT2D eigenvalue weighted by Crippen LogP contribution is -2.66. The van der Waals surface area contributed by atoms with E-state index < -0.39 is 18.1 Å². The maximum Gasteiger partial charge on any atom is 0.317 e. The van der Waals surface area contributed by atoms with Crippen molar-refractivity contribution < 1.29 is 19.2 Å². The van der Waals surface area contributed by atoms with Crippen molar-refractivity contribution in [3.8, 4) is 0 Å². The lowest BCUT2D eigenvalue weighted by atomic mass is 9.87. The summed E-state index contributed by atoms with van der Waals surface area (Å²) in [6.07, 6.45) is 2.72.